The molecule has 4 heteroatoms. The summed E-state index contributed by atoms with van der Waals surface area (Å²) in [5, 5.41) is 0.777. The Balaban J connectivity index is 1.82. The maximum atomic E-state index is 12.1. The normalized spacial score (nSPS) is 12.5. The Hall–Kier alpha value is -2.07. The van der Waals surface area contributed by atoms with Crippen molar-refractivity contribution in [1.29, 1.82) is 0 Å². The molecule has 22 heavy (non-hydrogen) atoms. The molecule has 0 radical (unpaired) electrons. The molecule has 0 aliphatic heterocycles. The number of aromatic amines is 1. The molecule has 0 unspecified atom stereocenters. The lowest BCUT2D eigenvalue weighted by Gasteiger charge is -2.12. The molecule has 0 aliphatic rings. The molecule has 1 aromatic heterocycles. The quantitative estimate of drug-likeness (QED) is 0.784. The minimum Gasteiger partial charge on any atom is -0.309 e. The Morgan fingerprint density at radius 1 is 1.14 bits per heavy atom. The number of para-hydroxylation sites is 1. The first kappa shape index (κ1) is 14.9. The molecule has 2 aromatic carbocycles. The summed E-state index contributed by atoms with van der Waals surface area (Å²) in [7, 11) is 0. The van der Waals surface area contributed by atoms with Crippen LogP contribution in [0.4, 0.5) is 0 Å². The number of nitrogens with zero attached hydrogens (tertiary/aromatic N) is 1. The highest BCUT2D eigenvalue weighted by atomic mass is 32.2. The van der Waals surface area contributed by atoms with Gasteiger partial charge in [-0.3, -0.25) is 4.79 Å². The lowest BCUT2D eigenvalue weighted by atomic mass is 10.1. The Morgan fingerprint density at radius 2 is 1.86 bits per heavy atom. The predicted octanol–water partition coefficient (Wildman–Crippen LogP) is 4.23. The SMILES string of the molecule is Cc1ccccc1CS[C@H](C)c1nc2ccccc2c(=O)[nH]1. The Kier molecular flexibility index (Phi) is 4.29. The van der Waals surface area contributed by atoms with E-state index >= 15 is 0 Å². The van der Waals surface area contributed by atoms with Crippen LogP contribution in [0.15, 0.2) is 53.3 Å². The molecule has 3 nitrogen and oxygen atoms in total. The molecular formula is C18H18N2OS. The van der Waals surface area contributed by atoms with Crippen LogP contribution in [0.25, 0.3) is 10.9 Å². The first-order chi connectivity index (χ1) is 10.6. The summed E-state index contributed by atoms with van der Waals surface area (Å²) < 4.78 is 0. The maximum Gasteiger partial charge on any atom is 0.258 e. The van der Waals surface area contributed by atoms with Crippen LogP contribution in [0.5, 0.6) is 0 Å². The Morgan fingerprint density at radius 3 is 2.68 bits per heavy atom. The van der Waals surface area contributed by atoms with E-state index in [0.29, 0.717) is 5.39 Å². The van der Waals surface area contributed by atoms with E-state index in [1.54, 1.807) is 17.8 Å². The highest BCUT2D eigenvalue weighted by Gasteiger charge is 2.12. The van der Waals surface area contributed by atoms with Crippen molar-refractivity contribution in [2.75, 3.05) is 0 Å². The molecular weight excluding hydrogens is 292 g/mol. The molecule has 0 saturated heterocycles. The van der Waals surface area contributed by atoms with Gasteiger partial charge in [0, 0.05) is 5.75 Å². The zero-order chi connectivity index (χ0) is 15.5. The van der Waals surface area contributed by atoms with Crippen molar-refractivity contribution >= 4 is 22.7 Å². The minimum atomic E-state index is -0.0658. The van der Waals surface area contributed by atoms with Gasteiger partial charge in [-0.05, 0) is 37.1 Å². The lowest BCUT2D eigenvalue weighted by molar-refractivity contribution is 0.922. The van der Waals surface area contributed by atoms with Gasteiger partial charge in [-0.2, -0.15) is 0 Å². The van der Waals surface area contributed by atoms with Gasteiger partial charge < -0.3 is 4.98 Å². The van der Waals surface area contributed by atoms with E-state index in [-0.39, 0.29) is 10.8 Å². The summed E-state index contributed by atoms with van der Waals surface area (Å²) in [5.74, 6) is 1.65. The molecule has 1 N–H and O–H groups in total. The fourth-order valence-corrected chi connectivity index (χ4v) is 3.39. The third-order valence-electron chi connectivity index (χ3n) is 3.77. The van der Waals surface area contributed by atoms with Crippen molar-refractivity contribution in [2.24, 2.45) is 0 Å². The zero-order valence-electron chi connectivity index (χ0n) is 12.7. The standard InChI is InChI=1S/C18H18N2OS/c1-12-7-3-4-8-14(12)11-22-13(2)17-19-16-10-6-5-9-15(16)18(21)20-17/h3-10,13H,11H2,1-2H3,(H,19,20,21)/t13-/m1/s1. The molecule has 1 heterocycles. The average Bonchev–Trinajstić information content (AvgIpc) is 2.54. The van der Waals surface area contributed by atoms with Gasteiger partial charge in [0.25, 0.3) is 5.56 Å². The summed E-state index contributed by atoms with van der Waals surface area (Å²) in [4.78, 5) is 19.6. The first-order valence-corrected chi connectivity index (χ1v) is 8.35. The second kappa shape index (κ2) is 6.36. The summed E-state index contributed by atoms with van der Waals surface area (Å²) in [6.07, 6.45) is 0. The second-order valence-corrected chi connectivity index (χ2v) is 6.68. The number of nitrogens with one attached hydrogen (secondary N) is 1. The van der Waals surface area contributed by atoms with Crippen LogP contribution in [0.3, 0.4) is 0 Å². The minimum absolute atomic E-state index is 0.0658. The van der Waals surface area contributed by atoms with Crippen molar-refractivity contribution in [3.8, 4) is 0 Å². The molecule has 0 fully saturated rings. The van der Waals surface area contributed by atoms with E-state index in [9.17, 15) is 4.79 Å². The van der Waals surface area contributed by atoms with Crippen molar-refractivity contribution in [3.05, 3.63) is 75.8 Å². The first-order valence-electron chi connectivity index (χ1n) is 7.30. The van der Waals surface area contributed by atoms with Crippen molar-refractivity contribution in [3.63, 3.8) is 0 Å². The van der Waals surface area contributed by atoms with E-state index in [2.05, 4.69) is 48.1 Å². The van der Waals surface area contributed by atoms with Gasteiger partial charge in [-0.1, -0.05) is 36.4 Å². The van der Waals surface area contributed by atoms with Gasteiger partial charge in [-0.25, -0.2) is 4.98 Å². The third-order valence-corrected chi connectivity index (χ3v) is 4.97. The van der Waals surface area contributed by atoms with Crippen LogP contribution in [-0.4, -0.2) is 9.97 Å². The second-order valence-electron chi connectivity index (χ2n) is 5.35. The van der Waals surface area contributed by atoms with Crippen molar-refractivity contribution in [2.45, 2.75) is 24.9 Å². The van der Waals surface area contributed by atoms with Crippen molar-refractivity contribution < 1.29 is 0 Å². The van der Waals surface area contributed by atoms with Gasteiger partial charge in [0.05, 0.1) is 16.2 Å². The predicted molar refractivity (Wildman–Crippen MR) is 93.3 cm³/mol. The number of rotatable bonds is 4. The van der Waals surface area contributed by atoms with Crippen LogP contribution >= 0.6 is 11.8 Å². The molecule has 1 atom stereocenters. The van der Waals surface area contributed by atoms with E-state index in [0.717, 1.165) is 17.1 Å². The van der Waals surface area contributed by atoms with Crippen molar-refractivity contribution in [1.82, 2.24) is 9.97 Å². The number of hydrogen-bond donors (Lipinski definition) is 1. The summed E-state index contributed by atoms with van der Waals surface area (Å²) in [6, 6.07) is 15.8. The Labute approximate surface area is 133 Å². The van der Waals surface area contributed by atoms with Gasteiger partial charge >= 0.3 is 0 Å². The number of thioether (sulfide) groups is 1. The largest absolute Gasteiger partial charge is 0.309 e. The van der Waals surface area contributed by atoms with Gasteiger partial charge in [0.15, 0.2) is 0 Å². The fraction of sp³-hybridized carbons (Fsp3) is 0.222. The summed E-state index contributed by atoms with van der Waals surface area (Å²) >= 11 is 1.78. The molecule has 112 valence electrons. The van der Waals surface area contributed by atoms with Gasteiger partial charge in [0.2, 0.25) is 0 Å². The molecule has 3 rings (SSSR count). The van der Waals surface area contributed by atoms with Gasteiger partial charge in [0.1, 0.15) is 5.82 Å². The average molecular weight is 310 g/mol. The molecule has 0 saturated carbocycles. The topological polar surface area (TPSA) is 45.8 Å². The molecule has 0 spiro atoms. The van der Waals surface area contributed by atoms with Crippen LogP contribution < -0.4 is 5.56 Å². The van der Waals surface area contributed by atoms with Crippen LogP contribution in [-0.2, 0) is 5.75 Å². The third kappa shape index (κ3) is 3.07. The molecule has 3 aromatic rings. The molecule has 0 aliphatic carbocycles. The number of benzene rings is 2. The molecule has 0 bridgehead atoms. The smallest absolute Gasteiger partial charge is 0.258 e. The number of aromatic nitrogens is 2. The number of fused-ring (bicyclic) bond motifs is 1. The summed E-state index contributed by atoms with van der Waals surface area (Å²) in [6.45, 7) is 4.20. The van der Waals surface area contributed by atoms with Crippen LogP contribution in [0, 0.1) is 6.92 Å². The lowest BCUT2D eigenvalue weighted by Crippen LogP contribution is -2.12. The number of aryl methyl sites for hydroxylation is 1. The maximum absolute atomic E-state index is 12.1. The fourth-order valence-electron chi connectivity index (χ4n) is 2.36. The highest BCUT2D eigenvalue weighted by Crippen LogP contribution is 2.29. The van der Waals surface area contributed by atoms with Gasteiger partial charge in [-0.15, -0.1) is 11.8 Å². The monoisotopic (exact) mass is 310 g/mol. The summed E-state index contributed by atoms with van der Waals surface area (Å²) in [5.41, 5.74) is 3.30. The van der Waals surface area contributed by atoms with E-state index < -0.39 is 0 Å². The van der Waals surface area contributed by atoms with E-state index in [4.69, 9.17) is 0 Å². The highest BCUT2D eigenvalue weighted by molar-refractivity contribution is 7.98. The zero-order valence-corrected chi connectivity index (χ0v) is 13.5. The van der Waals surface area contributed by atoms with Crippen LogP contribution in [0.1, 0.15) is 29.1 Å². The van der Waals surface area contributed by atoms with Crippen LogP contribution in [0.2, 0.25) is 0 Å². The number of hydrogen-bond acceptors (Lipinski definition) is 3. The van der Waals surface area contributed by atoms with E-state index in [1.165, 1.54) is 11.1 Å². The number of H-pyrrole nitrogens is 1. The molecule has 0 amide bonds. The van der Waals surface area contributed by atoms with E-state index in [1.807, 2.05) is 18.2 Å². The Bertz CT molecular complexity index is 857.